The van der Waals surface area contributed by atoms with Crippen LogP contribution in [0.1, 0.15) is 19.8 Å². The molecule has 0 fully saturated rings. The minimum atomic E-state index is -1.52. The molecule has 0 heterocycles. The van der Waals surface area contributed by atoms with E-state index in [9.17, 15) is 34.2 Å². The summed E-state index contributed by atoms with van der Waals surface area (Å²) in [6.45, 7) is -0.372. The van der Waals surface area contributed by atoms with Crippen LogP contribution in [-0.2, 0) is 24.0 Å². The first-order chi connectivity index (χ1) is 12.5. The van der Waals surface area contributed by atoms with E-state index in [0.29, 0.717) is 0 Å². The van der Waals surface area contributed by atoms with E-state index in [1.54, 1.807) is 0 Å². The predicted molar refractivity (Wildman–Crippen MR) is 88.1 cm³/mol. The van der Waals surface area contributed by atoms with Crippen LogP contribution in [-0.4, -0.2) is 87.5 Å². The summed E-state index contributed by atoms with van der Waals surface area (Å²) in [7, 11) is 0. The van der Waals surface area contributed by atoms with Crippen molar-refractivity contribution >= 4 is 29.7 Å². The molecule has 13 nitrogen and oxygen atoms in total. The van der Waals surface area contributed by atoms with Gasteiger partial charge in [-0.2, -0.15) is 0 Å². The summed E-state index contributed by atoms with van der Waals surface area (Å²) < 4.78 is 0. The van der Waals surface area contributed by atoms with Crippen LogP contribution in [0.4, 0.5) is 0 Å². The third kappa shape index (κ3) is 9.48. The van der Waals surface area contributed by atoms with Crippen LogP contribution in [0.25, 0.3) is 0 Å². The van der Waals surface area contributed by atoms with Gasteiger partial charge in [0.25, 0.3) is 0 Å². The zero-order valence-electron chi connectivity index (χ0n) is 14.5. The molecule has 4 atom stereocenters. The zero-order valence-corrected chi connectivity index (χ0v) is 14.5. The van der Waals surface area contributed by atoms with E-state index in [2.05, 4.69) is 10.6 Å². The maximum Gasteiger partial charge on any atom is 0.322 e. The van der Waals surface area contributed by atoms with Crippen molar-refractivity contribution in [3.63, 3.8) is 0 Å². The monoisotopic (exact) mass is 392 g/mol. The Hall–Kier alpha value is -2.77. The van der Waals surface area contributed by atoms with E-state index in [1.165, 1.54) is 6.92 Å². The number of nitrogens with one attached hydrogen (secondary N) is 3. The zero-order chi connectivity index (χ0) is 21.1. The lowest BCUT2D eigenvalue weighted by molar-refractivity contribution is -0.139. The number of nitrogens with two attached hydrogens (primary N) is 1. The molecule has 0 aliphatic rings. The second-order valence-electron chi connectivity index (χ2n) is 5.62. The minimum absolute atomic E-state index is 0.353. The van der Waals surface area contributed by atoms with Gasteiger partial charge < -0.3 is 42.1 Å². The highest BCUT2D eigenvalue weighted by molar-refractivity contribution is 5.94. The van der Waals surface area contributed by atoms with E-state index in [0.717, 1.165) is 0 Å². The summed E-state index contributed by atoms with van der Waals surface area (Å²) in [5, 5.41) is 42.0. The summed E-state index contributed by atoms with van der Waals surface area (Å²) in [4.78, 5) is 57.1. The average molecular weight is 392 g/mol. The summed E-state index contributed by atoms with van der Waals surface area (Å²) in [6, 6.07) is -4.32. The molecule has 0 aromatic heterocycles. The molecule has 0 aromatic carbocycles. The lowest BCUT2D eigenvalue weighted by atomic mass is 10.1. The number of amides is 3. The summed E-state index contributed by atoms with van der Waals surface area (Å²) >= 11 is 0. The fourth-order valence-electron chi connectivity index (χ4n) is 1.78. The Morgan fingerprint density at radius 2 is 1.48 bits per heavy atom. The number of hydrogen-bond acceptors (Lipinski definition) is 8. The molecule has 0 rings (SSSR count). The molecular formula is C14H24N4O9. The standard InChI is InChI=1S/C14H24N4O9/c1-6(20)11(15)14(27)17-7(2-3-9(21)22)13(26)18-8(5-19)12(25)16-4-10(23)24/h6-8,11,19-20H,2-5,15H2,1H3,(H,16,25)(H,17,27)(H,18,26)(H,21,22)(H,23,24). The van der Waals surface area contributed by atoms with Crippen molar-refractivity contribution in [3.05, 3.63) is 0 Å². The normalized spacial score (nSPS) is 15.0. The molecule has 9 N–H and O–H groups in total. The lowest BCUT2D eigenvalue weighted by Crippen LogP contribution is -2.58. The number of carbonyl (C=O) groups is 5. The van der Waals surface area contributed by atoms with Crippen molar-refractivity contribution < 1.29 is 44.4 Å². The summed E-state index contributed by atoms with van der Waals surface area (Å²) in [5.41, 5.74) is 5.44. The Balaban J connectivity index is 5.08. The van der Waals surface area contributed by atoms with E-state index >= 15 is 0 Å². The van der Waals surface area contributed by atoms with Gasteiger partial charge in [0.1, 0.15) is 24.7 Å². The van der Waals surface area contributed by atoms with Crippen LogP contribution in [0.15, 0.2) is 0 Å². The average Bonchev–Trinajstić information content (AvgIpc) is 2.59. The van der Waals surface area contributed by atoms with Crippen LogP contribution in [0.3, 0.4) is 0 Å². The van der Waals surface area contributed by atoms with Crippen molar-refractivity contribution in [1.82, 2.24) is 16.0 Å². The molecule has 27 heavy (non-hydrogen) atoms. The molecule has 0 aliphatic carbocycles. The number of carbonyl (C=O) groups excluding carboxylic acids is 3. The summed E-state index contributed by atoms with van der Waals surface area (Å²) in [5.74, 6) is -5.50. The Morgan fingerprint density at radius 3 is 1.93 bits per heavy atom. The van der Waals surface area contributed by atoms with E-state index < -0.39 is 73.5 Å². The molecule has 0 radical (unpaired) electrons. The molecular weight excluding hydrogens is 368 g/mol. The molecule has 4 unspecified atom stereocenters. The van der Waals surface area contributed by atoms with Crippen molar-refractivity contribution in [1.29, 1.82) is 0 Å². The number of rotatable bonds is 12. The molecule has 3 amide bonds. The Morgan fingerprint density at radius 1 is 0.926 bits per heavy atom. The highest BCUT2D eigenvalue weighted by Crippen LogP contribution is 2.01. The van der Waals surface area contributed by atoms with Crippen LogP contribution < -0.4 is 21.7 Å². The third-order valence-electron chi connectivity index (χ3n) is 3.33. The van der Waals surface area contributed by atoms with Crippen molar-refractivity contribution in [2.24, 2.45) is 5.73 Å². The number of hydrogen-bond donors (Lipinski definition) is 8. The van der Waals surface area contributed by atoms with Crippen LogP contribution in [0.2, 0.25) is 0 Å². The Kier molecular flexibility index (Phi) is 10.6. The predicted octanol–water partition coefficient (Wildman–Crippen LogP) is -4.28. The van der Waals surface area contributed by atoms with Crippen molar-refractivity contribution in [3.8, 4) is 0 Å². The van der Waals surface area contributed by atoms with Gasteiger partial charge in [-0.25, -0.2) is 0 Å². The Labute approximate surface area is 153 Å². The molecule has 13 heteroatoms. The van der Waals surface area contributed by atoms with Crippen LogP contribution in [0.5, 0.6) is 0 Å². The topological polar surface area (TPSA) is 228 Å². The second-order valence-corrected chi connectivity index (χ2v) is 5.62. The van der Waals surface area contributed by atoms with Gasteiger partial charge >= 0.3 is 11.9 Å². The SMILES string of the molecule is CC(O)C(N)C(=O)NC(CCC(=O)O)C(=O)NC(CO)C(=O)NCC(=O)O. The van der Waals surface area contributed by atoms with Crippen molar-refractivity contribution in [2.75, 3.05) is 13.2 Å². The third-order valence-corrected chi connectivity index (χ3v) is 3.33. The highest BCUT2D eigenvalue weighted by atomic mass is 16.4. The molecule has 154 valence electrons. The smallest absolute Gasteiger partial charge is 0.322 e. The Bertz CT molecular complexity index is 567. The number of aliphatic carboxylic acids is 2. The number of carboxylic acid groups (broad SMARTS) is 2. The van der Waals surface area contributed by atoms with E-state index in [4.69, 9.17) is 15.9 Å². The fourth-order valence-corrected chi connectivity index (χ4v) is 1.78. The molecule has 0 spiro atoms. The molecule has 0 bridgehead atoms. The van der Waals surface area contributed by atoms with Gasteiger partial charge in [-0.15, -0.1) is 0 Å². The highest BCUT2D eigenvalue weighted by Gasteiger charge is 2.29. The van der Waals surface area contributed by atoms with Gasteiger partial charge in [0.15, 0.2) is 0 Å². The van der Waals surface area contributed by atoms with Crippen LogP contribution in [0, 0.1) is 0 Å². The minimum Gasteiger partial charge on any atom is -0.481 e. The largest absolute Gasteiger partial charge is 0.481 e. The fraction of sp³-hybridized carbons (Fsp3) is 0.643. The van der Waals surface area contributed by atoms with Gasteiger partial charge in [0.2, 0.25) is 17.7 Å². The lowest BCUT2D eigenvalue weighted by Gasteiger charge is -2.23. The first kappa shape index (κ1) is 24.2. The number of aliphatic hydroxyl groups excluding tert-OH is 2. The van der Waals surface area contributed by atoms with Gasteiger partial charge in [0, 0.05) is 6.42 Å². The van der Waals surface area contributed by atoms with Gasteiger partial charge in [-0.05, 0) is 13.3 Å². The van der Waals surface area contributed by atoms with Gasteiger partial charge in [-0.1, -0.05) is 0 Å². The quantitative estimate of drug-likeness (QED) is 0.159. The maximum atomic E-state index is 12.3. The molecule has 0 aliphatic heterocycles. The van der Waals surface area contributed by atoms with Crippen LogP contribution >= 0.6 is 0 Å². The molecule has 0 aromatic rings. The molecule has 0 saturated heterocycles. The maximum absolute atomic E-state index is 12.3. The second kappa shape index (κ2) is 11.8. The van der Waals surface area contributed by atoms with E-state index in [-0.39, 0.29) is 6.42 Å². The number of aliphatic hydroxyl groups is 2. The van der Waals surface area contributed by atoms with E-state index in [1.807, 2.05) is 5.32 Å². The van der Waals surface area contributed by atoms with Gasteiger partial charge in [-0.3, -0.25) is 24.0 Å². The first-order valence-corrected chi connectivity index (χ1v) is 7.86. The van der Waals surface area contributed by atoms with Gasteiger partial charge in [0.05, 0.1) is 12.7 Å². The molecule has 0 saturated carbocycles. The first-order valence-electron chi connectivity index (χ1n) is 7.86. The van der Waals surface area contributed by atoms with Crippen molar-refractivity contribution in [2.45, 2.75) is 44.0 Å². The number of carboxylic acids is 2. The summed E-state index contributed by atoms with van der Waals surface area (Å²) in [6.07, 6.45) is -2.09.